The highest BCUT2D eigenvalue weighted by atomic mass is 32.1. The molecule has 2 heterocycles. The fourth-order valence-corrected chi connectivity index (χ4v) is 3.00. The Morgan fingerprint density at radius 1 is 1.42 bits per heavy atom. The molecule has 0 amide bonds. The zero-order valence-corrected chi connectivity index (χ0v) is 13.1. The number of likely N-dealkylation sites (N-methyl/N-ethyl adjacent to an activating group) is 1. The van der Waals surface area contributed by atoms with Gasteiger partial charge in [-0.2, -0.15) is 5.10 Å². The minimum atomic E-state index is 0.123. The monoisotopic (exact) mass is 278 g/mol. The number of nitrogens with zero attached hydrogens (tertiary/aromatic N) is 3. The molecule has 2 aromatic rings. The number of aromatic nitrogens is 3. The third kappa shape index (κ3) is 3.42. The van der Waals surface area contributed by atoms with Gasteiger partial charge in [0.05, 0.1) is 16.9 Å². The van der Waals surface area contributed by atoms with Gasteiger partial charge in [-0.15, -0.1) is 11.3 Å². The third-order valence-electron chi connectivity index (χ3n) is 3.17. The summed E-state index contributed by atoms with van der Waals surface area (Å²) in [5.41, 5.74) is 2.50. The molecule has 1 atom stereocenters. The summed E-state index contributed by atoms with van der Waals surface area (Å²) in [6.45, 7) is 6.59. The highest BCUT2D eigenvalue weighted by Crippen LogP contribution is 2.26. The first kappa shape index (κ1) is 14.2. The van der Waals surface area contributed by atoms with Gasteiger partial charge < -0.3 is 5.32 Å². The molecule has 2 aromatic heterocycles. The lowest BCUT2D eigenvalue weighted by molar-refractivity contribution is 0.560. The first-order chi connectivity index (χ1) is 8.90. The first-order valence-corrected chi connectivity index (χ1v) is 7.39. The van der Waals surface area contributed by atoms with Crippen LogP contribution in [0.4, 0.5) is 0 Å². The molecule has 104 valence electrons. The Balaban J connectivity index is 2.13. The van der Waals surface area contributed by atoms with E-state index in [0.29, 0.717) is 0 Å². The van der Waals surface area contributed by atoms with Crippen molar-refractivity contribution in [2.45, 2.75) is 38.6 Å². The normalized spacial score (nSPS) is 13.7. The van der Waals surface area contributed by atoms with Crippen LogP contribution < -0.4 is 5.32 Å². The van der Waals surface area contributed by atoms with Crippen LogP contribution in [0.1, 0.15) is 43.1 Å². The Hall–Kier alpha value is -1.20. The zero-order chi connectivity index (χ0) is 14.0. The second kappa shape index (κ2) is 5.43. The summed E-state index contributed by atoms with van der Waals surface area (Å²) in [5, 5.41) is 10.9. The average molecular weight is 278 g/mol. The van der Waals surface area contributed by atoms with Crippen molar-refractivity contribution in [3.05, 3.63) is 34.0 Å². The molecule has 0 spiro atoms. The highest BCUT2D eigenvalue weighted by Gasteiger charge is 2.19. The van der Waals surface area contributed by atoms with Gasteiger partial charge in [-0.3, -0.25) is 4.68 Å². The van der Waals surface area contributed by atoms with Crippen molar-refractivity contribution in [3.8, 4) is 0 Å². The van der Waals surface area contributed by atoms with Gasteiger partial charge in [0.25, 0.3) is 0 Å². The van der Waals surface area contributed by atoms with Crippen molar-refractivity contribution in [3.63, 3.8) is 0 Å². The Morgan fingerprint density at radius 2 is 2.16 bits per heavy atom. The smallest absolute Gasteiger partial charge is 0.0947 e. The molecule has 1 N–H and O–H groups in total. The van der Waals surface area contributed by atoms with Gasteiger partial charge in [0.2, 0.25) is 0 Å². The van der Waals surface area contributed by atoms with Gasteiger partial charge in [-0.05, 0) is 7.05 Å². The predicted molar refractivity (Wildman–Crippen MR) is 79.5 cm³/mol. The summed E-state index contributed by atoms with van der Waals surface area (Å²) in [4.78, 5) is 4.75. The Kier molecular flexibility index (Phi) is 4.06. The summed E-state index contributed by atoms with van der Waals surface area (Å²) in [6, 6.07) is 0.271. The minimum absolute atomic E-state index is 0.123. The summed E-state index contributed by atoms with van der Waals surface area (Å²) in [7, 11) is 3.92. The van der Waals surface area contributed by atoms with E-state index >= 15 is 0 Å². The molecule has 0 saturated carbocycles. The molecule has 2 rings (SSSR count). The van der Waals surface area contributed by atoms with E-state index in [1.807, 2.05) is 25.0 Å². The second-order valence-corrected chi connectivity index (χ2v) is 6.81. The average Bonchev–Trinajstić information content (AvgIpc) is 2.94. The number of hydrogen-bond acceptors (Lipinski definition) is 4. The van der Waals surface area contributed by atoms with Crippen LogP contribution in [0.15, 0.2) is 17.8 Å². The summed E-state index contributed by atoms with van der Waals surface area (Å²) in [6.07, 6.45) is 4.88. The molecular weight excluding hydrogens is 256 g/mol. The second-order valence-electron chi connectivity index (χ2n) is 5.87. The van der Waals surface area contributed by atoms with Gasteiger partial charge in [0.1, 0.15) is 0 Å². The Labute approximate surface area is 118 Å². The lowest BCUT2D eigenvalue weighted by atomic mass is 9.93. The van der Waals surface area contributed by atoms with Gasteiger partial charge in [0.15, 0.2) is 0 Å². The number of aryl methyl sites for hydroxylation is 1. The van der Waals surface area contributed by atoms with E-state index in [2.05, 4.69) is 42.8 Å². The maximum atomic E-state index is 4.75. The minimum Gasteiger partial charge on any atom is -0.313 e. The molecule has 5 heteroatoms. The Bertz CT molecular complexity index is 536. The van der Waals surface area contributed by atoms with E-state index in [0.717, 1.165) is 6.42 Å². The van der Waals surface area contributed by atoms with Gasteiger partial charge in [-0.1, -0.05) is 20.8 Å². The number of nitrogens with one attached hydrogen (secondary N) is 1. The molecular formula is C14H22N4S. The third-order valence-corrected chi connectivity index (χ3v) is 4.05. The van der Waals surface area contributed by atoms with Crippen molar-refractivity contribution in [2.24, 2.45) is 7.05 Å². The molecule has 19 heavy (non-hydrogen) atoms. The van der Waals surface area contributed by atoms with Crippen molar-refractivity contribution in [2.75, 3.05) is 7.05 Å². The van der Waals surface area contributed by atoms with E-state index in [9.17, 15) is 0 Å². The van der Waals surface area contributed by atoms with E-state index in [1.54, 1.807) is 11.3 Å². The Morgan fingerprint density at radius 3 is 2.63 bits per heavy atom. The van der Waals surface area contributed by atoms with E-state index < -0.39 is 0 Å². The van der Waals surface area contributed by atoms with Crippen LogP contribution in [0, 0.1) is 0 Å². The quantitative estimate of drug-likeness (QED) is 0.935. The molecule has 0 aliphatic heterocycles. The van der Waals surface area contributed by atoms with Crippen LogP contribution in [0.25, 0.3) is 0 Å². The summed E-state index contributed by atoms with van der Waals surface area (Å²) >= 11 is 1.74. The highest BCUT2D eigenvalue weighted by molar-refractivity contribution is 7.09. The number of hydrogen-bond donors (Lipinski definition) is 1. The summed E-state index contributed by atoms with van der Waals surface area (Å²) < 4.78 is 1.84. The molecule has 0 aliphatic carbocycles. The molecule has 1 unspecified atom stereocenters. The number of rotatable bonds is 4. The molecule has 0 bridgehead atoms. The van der Waals surface area contributed by atoms with Crippen LogP contribution in [0.3, 0.4) is 0 Å². The maximum absolute atomic E-state index is 4.75. The van der Waals surface area contributed by atoms with Crippen LogP contribution in [0.2, 0.25) is 0 Å². The predicted octanol–water partition coefficient (Wildman–Crippen LogP) is 2.68. The van der Waals surface area contributed by atoms with E-state index in [1.165, 1.54) is 16.3 Å². The molecule has 4 nitrogen and oxygen atoms in total. The molecule has 0 aliphatic rings. The first-order valence-electron chi connectivity index (χ1n) is 6.51. The van der Waals surface area contributed by atoms with E-state index in [4.69, 9.17) is 4.98 Å². The molecule has 0 radical (unpaired) electrons. The molecule has 0 aromatic carbocycles. The fraction of sp³-hybridized carbons (Fsp3) is 0.571. The lowest BCUT2D eigenvalue weighted by Gasteiger charge is -2.15. The van der Waals surface area contributed by atoms with Crippen molar-refractivity contribution in [1.29, 1.82) is 0 Å². The van der Waals surface area contributed by atoms with E-state index in [-0.39, 0.29) is 11.5 Å². The van der Waals surface area contributed by atoms with Crippen molar-refractivity contribution >= 4 is 11.3 Å². The van der Waals surface area contributed by atoms with Crippen molar-refractivity contribution in [1.82, 2.24) is 20.1 Å². The maximum Gasteiger partial charge on any atom is 0.0947 e. The van der Waals surface area contributed by atoms with Gasteiger partial charge in [0, 0.05) is 42.1 Å². The van der Waals surface area contributed by atoms with Crippen molar-refractivity contribution < 1.29 is 0 Å². The zero-order valence-electron chi connectivity index (χ0n) is 12.3. The van der Waals surface area contributed by atoms with Crippen LogP contribution in [0.5, 0.6) is 0 Å². The number of thiazole rings is 1. The van der Waals surface area contributed by atoms with Crippen LogP contribution >= 0.6 is 11.3 Å². The molecule has 0 saturated heterocycles. The van der Waals surface area contributed by atoms with Crippen LogP contribution in [-0.4, -0.2) is 21.8 Å². The van der Waals surface area contributed by atoms with Gasteiger partial charge >= 0.3 is 0 Å². The lowest BCUT2D eigenvalue weighted by Crippen LogP contribution is -2.18. The SMILES string of the molecule is CNC(Cc1nc(C(C)(C)C)cs1)c1cnn(C)c1. The largest absolute Gasteiger partial charge is 0.313 e. The van der Waals surface area contributed by atoms with Gasteiger partial charge in [-0.25, -0.2) is 4.98 Å². The molecule has 0 fully saturated rings. The fourth-order valence-electron chi connectivity index (χ4n) is 1.93. The topological polar surface area (TPSA) is 42.7 Å². The summed E-state index contributed by atoms with van der Waals surface area (Å²) in [5.74, 6) is 0. The standard InChI is InChI=1S/C14H22N4S/c1-14(2,3)12-9-19-13(17-12)6-11(15-4)10-7-16-18(5)8-10/h7-9,11,15H,6H2,1-5H3. The van der Waals surface area contributed by atoms with Crippen LogP contribution in [-0.2, 0) is 18.9 Å².